The molecule has 0 saturated carbocycles. The maximum Gasteiger partial charge on any atom is 0.336 e. The van der Waals surface area contributed by atoms with Gasteiger partial charge in [-0.25, -0.2) is 4.79 Å². The standard InChI is InChI=1S/C16H23NO2/c1-16(2)8-5-10-17(11-9-16)12-13-6-3-4-7-14(13)15(18)19/h3-4,6-7H,5,8-12H2,1-2H3,(H,18,19). The van der Waals surface area contributed by atoms with Crippen LogP contribution in [-0.2, 0) is 6.54 Å². The van der Waals surface area contributed by atoms with E-state index in [0.717, 1.165) is 25.2 Å². The normalized spacial score (nSPS) is 19.9. The van der Waals surface area contributed by atoms with Gasteiger partial charge in [0.1, 0.15) is 0 Å². The van der Waals surface area contributed by atoms with Gasteiger partial charge in [-0.15, -0.1) is 0 Å². The van der Waals surface area contributed by atoms with Crippen molar-refractivity contribution in [2.24, 2.45) is 5.41 Å². The molecule has 1 saturated heterocycles. The van der Waals surface area contributed by atoms with Crippen molar-refractivity contribution in [3.63, 3.8) is 0 Å². The number of aromatic carboxylic acids is 1. The van der Waals surface area contributed by atoms with Crippen molar-refractivity contribution in [3.8, 4) is 0 Å². The molecule has 0 aromatic heterocycles. The molecule has 3 heteroatoms. The van der Waals surface area contributed by atoms with Crippen LogP contribution in [0.25, 0.3) is 0 Å². The molecule has 0 unspecified atom stereocenters. The molecule has 1 aromatic rings. The Bertz CT molecular complexity index is 454. The number of nitrogens with zero attached hydrogens (tertiary/aromatic N) is 1. The number of hydrogen-bond donors (Lipinski definition) is 1. The Labute approximate surface area is 115 Å². The summed E-state index contributed by atoms with van der Waals surface area (Å²) in [5.74, 6) is -0.828. The van der Waals surface area contributed by atoms with Crippen molar-refractivity contribution in [3.05, 3.63) is 35.4 Å². The van der Waals surface area contributed by atoms with E-state index < -0.39 is 5.97 Å². The van der Waals surface area contributed by atoms with E-state index in [1.807, 2.05) is 12.1 Å². The Kier molecular flexibility index (Phi) is 4.25. The van der Waals surface area contributed by atoms with E-state index in [4.69, 9.17) is 0 Å². The number of hydrogen-bond acceptors (Lipinski definition) is 2. The third kappa shape index (κ3) is 3.80. The highest BCUT2D eigenvalue weighted by atomic mass is 16.4. The van der Waals surface area contributed by atoms with E-state index in [1.165, 1.54) is 19.3 Å². The average Bonchev–Trinajstić information content (AvgIpc) is 2.51. The maximum atomic E-state index is 11.2. The molecular formula is C16H23NO2. The molecule has 1 fully saturated rings. The van der Waals surface area contributed by atoms with Crippen LogP contribution in [0.1, 0.15) is 49.0 Å². The van der Waals surface area contributed by atoms with Gasteiger partial charge in [0.15, 0.2) is 0 Å². The second kappa shape index (κ2) is 5.74. The summed E-state index contributed by atoms with van der Waals surface area (Å²) in [5, 5.41) is 9.22. The molecule has 104 valence electrons. The summed E-state index contributed by atoms with van der Waals surface area (Å²) in [6, 6.07) is 7.33. The summed E-state index contributed by atoms with van der Waals surface area (Å²) in [6.07, 6.45) is 3.63. The molecule has 19 heavy (non-hydrogen) atoms. The van der Waals surface area contributed by atoms with Crippen LogP contribution < -0.4 is 0 Å². The lowest BCUT2D eigenvalue weighted by atomic mass is 9.85. The Morgan fingerprint density at radius 1 is 1.26 bits per heavy atom. The zero-order chi connectivity index (χ0) is 13.9. The summed E-state index contributed by atoms with van der Waals surface area (Å²) in [4.78, 5) is 13.6. The Hall–Kier alpha value is -1.35. The smallest absolute Gasteiger partial charge is 0.336 e. The summed E-state index contributed by atoms with van der Waals surface area (Å²) in [5.41, 5.74) is 1.78. The zero-order valence-electron chi connectivity index (χ0n) is 11.9. The lowest BCUT2D eigenvalue weighted by Crippen LogP contribution is -2.26. The van der Waals surface area contributed by atoms with Crippen LogP contribution in [0.2, 0.25) is 0 Å². The fraction of sp³-hybridized carbons (Fsp3) is 0.562. The molecule has 0 bridgehead atoms. The minimum atomic E-state index is -0.828. The minimum Gasteiger partial charge on any atom is -0.478 e. The highest BCUT2D eigenvalue weighted by molar-refractivity contribution is 5.89. The molecular weight excluding hydrogens is 238 g/mol. The number of carboxylic acid groups (broad SMARTS) is 1. The molecule has 0 amide bonds. The molecule has 0 radical (unpaired) electrons. The van der Waals surface area contributed by atoms with Gasteiger partial charge in [0.25, 0.3) is 0 Å². The topological polar surface area (TPSA) is 40.5 Å². The van der Waals surface area contributed by atoms with Crippen molar-refractivity contribution in [1.82, 2.24) is 4.90 Å². The van der Waals surface area contributed by atoms with Gasteiger partial charge in [-0.05, 0) is 49.4 Å². The van der Waals surface area contributed by atoms with Crippen molar-refractivity contribution < 1.29 is 9.90 Å². The fourth-order valence-corrected chi connectivity index (χ4v) is 2.74. The predicted molar refractivity (Wildman–Crippen MR) is 76.3 cm³/mol. The molecule has 1 aliphatic rings. The number of benzene rings is 1. The van der Waals surface area contributed by atoms with Gasteiger partial charge < -0.3 is 5.11 Å². The molecule has 0 aliphatic carbocycles. The van der Waals surface area contributed by atoms with Gasteiger partial charge in [-0.1, -0.05) is 32.0 Å². The van der Waals surface area contributed by atoms with E-state index in [0.29, 0.717) is 11.0 Å². The second-order valence-corrected chi connectivity index (χ2v) is 6.26. The van der Waals surface area contributed by atoms with Crippen LogP contribution in [0.3, 0.4) is 0 Å². The van der Waals surface area contributed by atoms with Crippen LogP contribution >= 0.6 is 0 Å². The van der Waals surface area contributed by atoms with Gasteiger partial charge in [0.2, 0.25) is 0 Å². The largest absolute Gasteiger partial charge is 0.478 e. The zero-order valence-corrected chi connectivity index (χ0v) is 11.9. The quantitative estimate of drug-likeness (QED) is 0.906. The number of rotatable bonds is 3. The van der Waals surface area contributed by atoms with Crippen LogP contribution in [0.5, 0.6) is 0 Å². The van der Waals surface area contributed by atoms with E-state index in [-0.39, 0.29) is 0 Å². The number of carboxylic acids is 1. The van der Waals surface area contributed by atoms with Crippen LogP contribution in [0.15, 0.2) is 24.3 Å². The van der Waals surface area contributed by atoms with Crippen LogP contribution in [-0.4, -0.2) is 29.1 Å². The summed E-state index contributed by atoms with van der Waals surface area (Å²) >= 11 is 0. The average molecular weight is 261 g/mol. The summed E-state index contributed by atoms with van der Waals surface area (Å²) in [7, 11) is 0. The van der Waals surface area contributed by atoms with Gasteiger partial charge in [-0.3, -0.25) is 4.90 Å². The summed E-state index contributed by atoms with van der Waals surface area (Å²) in [6.45, 7) is 7.51. The molecule has 2 rings (SSSR count). The lowest BCUT2D eigenvalue weighted by Gasteiger charge is -2.23. The molecule has 1 aromatic carbocycles. The van der Waals surface area contributed by atoms with Crippen LogP contribution in [0, 0.1) is 5.41 Å². The Balaban J connectivity index is 2.07. The highest BCUT2D eigenvalue weighted by Crippen LogP contribution is 2.30. The first-order valence-corrected chi connectivity index (χ1v) is 7.01. The first kappa shape index (κ1) is 14.1. The third-order valence-electron chi connectivity index (χ3n) is 4.07. The molecule has 1 aliphatic heterocycles. The van der Waals surface area contributed by atoms with E-state index in [1.54, 1.807) is 12.1 Å². The second-order valence-electron chi connectivity index (χ2n) is 6.26. The van der Waals surface area contributed by atoms with Crippen molar-refractivity contribution >= 4 is 5.97 Å². The fourth-order valence-electron chi connectivity index (χ4n) is 2.74. The van der Waals surface area contributed by atoms with Gasteiger partial charge in [0.05, 0.1) is 5.56 Å². The molecule has 1 heterocycles. The molecule has 3 nitrogen and oxygen atoms in total. The first-order chi connectivity index (χ1) is 8.98. The minimum absolute atomic E-state index is 0.418. The van der Waals surface area contributed by atoms with Gasteiger partial charge in [-0.2, -0.15) is 0 Å². The molecule has 1 N–H and O–H groups in total. The molecule has 0 spiro atoms. The molecule has 0 atom stereocenters. The Morgan fingerprint density at radius 3 is 2.74 bits per heavy atom. The number of likely N-dealkylation sites (tertiary alicyclic amines) is 1. The lowest BCUT2D eigenvalue weighted by molar-refractivity contribution is 0.0694. The van der Waals surface area contributed by atoms with Crippen molar-refractivity contribution in [2.45, 2.75) is 39.7 Å². The van der Waals surface area contributed by atoms with E-state index in [9.17, 15) is 9.90 Å². The van der Waals surface area contributed by atoms with E-state index in [2.05, 4.69) is 18.7 Å². The van der Waals surface area contributed by atoms with E-state index >= 15 is 0 Å². The first-order valence-electron chi connectivity index (χ1n) is 7.01. The summed E-state index contributed by atoms with van der Waals surface area (Å²) < 4.78 is 0. The monoisotopic (exact) mass is 261 g/mol. The van der Waals surface area contributed by atoms with Crippen molar-refractivity contribution in [2.75, 3.05) is 13.1 Å². The number of carbonyl (C=O) groups is 1. The van der Waals surface area contributed by atoms with Gasteiger partial charge >= 0.3 is 5.97 Å². The van der Waals surface area contributed by atoms with Gasteiger partial charge in [0, 0.05) is 6.54 Å². The predicted octanol–water partition coefficient (Wildman–Crippen LogP) is 3.40. The highest BCUT2D eigenvalue weighted by Gasteiger charge is 2.23. The van der Waals surface area contributed by atoms with Crippen LogP contribution in [0.4, 0.5) is 0 Å². The maximum absolute atomic E-state index is 11.2. The Morgan fingerprint density at radius 2 is 2.00 bits per heavy atom. The van der Waals surface area contributed by atoms with Crippen molar-refractivity contribution in [1.29, 1.82) is 0 Å². The third-order valence-corrected chi connectivity index (χ3v) is 4.07. The SMILES string of the molecule is CC1(C)CCCN(Cc2ccccc2C(=O)O)CC1.